The Bertz CT molecular complexity index is 1090. The lowest BCUT2D eigenvalue weighted by Crippen LogP contribution is -2.15. The van der Waals surface area contributed by atoms with E-state index in [1.807, 2.05) is 16.7 Å². The number of halogens is 2. The zero-order valence-corrected chi connectivity index (χ0v) is 18.6. The Morgan fingerprint density at radius 1 is 1.23 bits per heavy atom. The fourth-order valence-electron chi connectivity index (χ4n) is 2.63. The molecule has 0 bridgehead atoms. The molecule has 3 aromatic rings. The van der Waals surface area contributed by atoms with Gasteiger partial charge >= 0.3 is 0 Å². The topological polar surface area (TPSA) is 112 Å². The number of amides is 1. The molecule has 1 amide bonds. The van der Waals surface area contributed by atoms with E-state index in [2.05, 4.69) is 15.5 Å². The van der Waals surface area contributed by atoms with Gasteiger partial charge in [-0.2, -0.15) is 0 Å². The quantitative estimate of drug-likeness (QED) is 0.271. The van der Waals surface area contributed by atoms with Crippen molar-refractivity contribution in [2.75, 3.05) is 24.8 Å². The minimum atomic E-state index is -0.558. The first kappa shape index (κ1) is 23.0. The highest BCUT2D eigenvalue weighted by Gasteiger charge is 2.17. The summed E-state index contributed by atoms with van der Waals surface area (Å²) in [6.45, 7) is 0.920. The number of non-ortho nitro benzene ring substituents is 1. The van der Waals surface area contributed by atoms with Crippen LogP contribution in [0.2, 0.25) is 10.0 Å². The Morgan fingerprint density at radius 3 is 2.65 bits per heavy atom. The Hall–Kier alpha value is -2.66. The van der Waals surface area contributed by atoms with Crippen molar-refractivity contribution in [1.29, 1.82) is 0 Å². The van der Waals surface area contributed by atoms with Crippen molar-refractivity contribution in [3.05, 3.63) is 62.6 Å². The first-order valence-electron chi connectivity index (χ1n) is 8.93. The number of nitrogens with zero attached hydrogens (tertiary/aromatic N) is 4. The molecule has 9 nitrogen and oxygen atoms in total. The van der Waals surface area contributed by atoms with Crippen LogP contribution in [0, 0.1) is 10.1 Å². The van der Waals surface area contributed by atoms with Gasteiger partial charge in [0.2, 0.25) is 5.91 Å². The van der Waals surface area contributed by atoms with Crippen LogP contribution in [0.25, 0.3) is 11.4 Å². The number of nitro benzene ring substituents is 1. The predicted octanol–water partition coefficient (Wildman–Crippen LogP) is 4.54. The summed E-state index contributed by atoms with van der Waals surface area (Å²) in [6.07, 6.45) is 0. The first-order valence-corrected chi connectivity index (χ1v) is 10.7. The van der Waals surface area contributed by atoms with Gasteiger partial charge in [-0.3, -0.25) is 19.5 Å². The van der Waals surface area contributed by atoms with E-state index in [-0.39, 0.29) is 28.1 Å². The van der Waals surface area contributed by atoms with E-state index in [0.29, 0.717) is 29.2 Å². The van der Waals surface area contributed by atoms with Gasteiger partial charge < -0.3 is 10.1 Å². The van der Waals surface area contributed by atoms with Gasteiger partial charge in [0.1, 0.15) is 0 Å². The zero-order chi connectivity index (χ0) is 22.4. The number of thioether (sulfide) groups is 1. The molecule has 0 aliphatic rings. The van der Waals surface area contributed by atoms with Gasteiger partial charge in [-0.1, -0.05) is 35.0 Å². The van der Waals surface area contributed by atoms with Crippen molar-refractivity contribution >= 4 is 52.2 Å². The minimum absolute atomic E-state index is 0.00472. The van der Waals surface area contributed by atoms with Crippen LogP contribution in [0.15, 0.2) is 47.6 Å². The minimum Gasteiger partial charge on any atom is -0.383 e. The zero-order valence-electron chi connectivity index (χ0n) is 16.2. The molecule has 0 saturated heterocycles. The number of hydrogen-bond acceptors (Lipinski definition) is 7. The van der Waals surface area contributed by atoms with E-state index in [4.69, 9.17) is 27.9 Å². The maximum Gasteiger partial charge on any atom is 0.271 e. The maximum absolute atomic E-state index is 12.4. The molecule has 0 aliphatic heterocycles. The molecule has 1 heterocycles. The van der Waals surface area contributed by atoms with Gasteiger partial charge in [0.05, 0.1) is 34.5 Å². The van der Waals surface area contributed by atoms with E-state index < -0.39 is 4.92 Å². The molecule has 0 atom stereocenters. The van der Waals surface area contributed by atoms with Gasteiger partial charge in [-0.25, -0.2) is 0 Å². The van der Waals surface area contributed by atoms with Gasteiger partial charge in [0.15, 0.2) is 11.0 Å². The molecule has 0 radical (unpaired) electrons. The standard InChI is InChI=1S/C19H17Cl2N5O4S/c1-30-9-8-25-18(12-2-4-13(20)5-3-12)23-24-19(25)31-11-17(27)22-16-10-14(26(28)29)6-7-15(16)21/h2-7,10H,8-9,11H2,1H3,(H,22,27). The normalized spacial score (nSPS) is 10.8. The van der Waals surface area contributed by atoms with E-state index in [1.54, 1.807) is 19.2 Å². The summed E-state index contributed by atoms with van der Waals surface area (Å²) in [5.41, 5.74) is 0.830. The van der Waals surface area contributed by atoms with Crippen molar-refractivity contribution in [1.82, 2.24) is 14.8 Å². The molecule has 0 aliphatic carbocycles. The largest absolute Gasteiger partial charge is 0.383 e. The van der Waals surface area contributed by atoms with Crippen LogP contribution in [0.5, 0.6) is 0 Å². The number of methoxy groups -OCH3 is 1. The number of rotatable bonds is 9. The monoisotopic (exact) mass is 481 g/mol. The number of nitro groups is 1. The highest BCUT2D eigenvalue weighted by Crippen LogP contribution is 2.28. The molecule has 3 rings (SSSR count). The second kappa shape index (κ2) is 10.6. The van der Waals surface area contributed by atoms with Gasteiger partial charge in [0.25, 0.3) is 5.69 Å². The molecule has 1 N–H and O–H groups in total. The van der Waals surface area contributed by atoms with Crippen molar-refractivity contribution in [3.63, 3.8) is 0 Å². The average molecular weight is 482 g/mol. The van der Waals surface area contributed by atoms with Crippen LogP contribution >= 0.6 is 35.0 Å². The van der Waals surface area contributed by atoms with Crippen molar-refractivity contribution in [2.24, 2.45) is 0 Å². The Morgan fingerprint density at radius 2 is 1.97 bits per heavy atom. The molecule has 2 aromatic carbocycles. The third-order valence-corrected chi connectivity index (χ3v) is 5.65. The lowest BCUT2D eigenvalue weighted by molar-refractivity contribution is -0.384. The number of anilines is 1. The summed E-state index contributed by atoms with van der Waals surface area (Å²) >= 11 is 13.2. The van der Waals surface area contributed by atoms with Crippen LogP contribution in [0.1, 0.15) is 0 Å². The van der Waals surface area contributed by atoms with Crippen molar-refractivity contribution < 1.29 is 14.5 Å². The third kappa shape index (κ3) is 5.95. The number of ether oxygens (including phenoxy) is 1. The van der Waals surface area contributed by atoms with Gasteiger partial charge in [-0.05, 0) is 30.3 Å². The lowest BCUT2D eigenvalue weighted by atomic mass is 10.2. The van der Waals surface area contributed by atoms with Gasteiger partial charge in [0, 0.05) is 29.8 Å². The van der Waals surface area contributed by atoms with E-state index >= 15 is 0 Å². The number of carbonyl (C=O) groups is 1. The van der Waals surface area contributed by atoms with Crippen LogP contribution in [-0.2, 0) is 16.1 Å². The smallest absolute Gasteiger partial charge is 0.271 e. The molecule has 0 spiro atoms. The Kier molecular flexibility index (Phi) is 7.85. The van der Waals surface area contributed by atoms with Crippen LogP contribution in [-0.4, -0.2) is 45.1 Å². The van der Waals surface area contributed by atoms with Crippen molar-refractivity contribution in [2.45, 2.75) is 11.7 Å². The maximum atomic E-state index is 12.4. The Labute approximate surface area is 191 Å². The summed E-state index contributed by atoms with van der Waals surface area (Å²) in [6, 6.07) is 11.0. The van der Waals surface area contributed by atoms with E-state index in [0.717, 1.165) is 5.56 Å². The molecular formula is C19H17Cl2N5O4S. The van der Waals surface area contributed by atoms with Crippen LogP contribution in [0.4, 0.5) is 11.4 Å². The number of benzene rings is 2. The summed E-state index contributed by atoms with van der Waals surface area (Å²) in [4.78, 5) is 22.8. The lowest BCUT2D eigenvalue weighted by Gasteiger charge is -2.10. The van der Waals surface area contributed by atoms with Crippen molar-refractivity contribution in [3.8, 4) is 11.4 Å². The number of hydrogen-bond donors (Lipinski definition) is 1. The Balaban J connectivity index is 1.73. The molecule has 12 heteroatoms. The fourth-order valence-corrected chi connectivity index (χ4v) is 3.69. The summed E-state index contributed by atoms with van der Waals surface area (Å²) in [5, 5.41) is 23.3. The highest BCUT2D eigenvalue weighted by molar-refractivity contribution is 7.99. The molecular weight excluding hydrogens is 465 g/mol. The van der Waals surface area contributed by atoms with E-state index in [1.165, 1.54) is 30.0 Å². The second-order valence-corrected chi connectivity index (χ2v) is 8.00. The number of aromatic nitrogens is 3. The fraction of sp³-hybridized carbons (Fsp3) is 0.211. The molecule has 0 fully saturated rings. The average Bonchev–Trinajstić information content (AvgIpc) is 3.15. The SMILES string of the molecule is COCCn1c(SCC(=O)Nc2cc([N+](=O)[O-])ccc2Cl)nnc1-c1ccc(Cl)cc1. The van der Waals surface area contributed by atoms with Crippen LogP contribution in [0.3, 0.4) is 0 Å². The van der Waals surface area contributed by atoms with Gasteiger partial charge in [-0.15, -0.1) is 10.2 Å². The first-order chi connectivity index (χ1) is 14.9. The highest BCUT2D eigenvalue weighted by atomic mass is 35.5. The molecule has 31 heavy (non-hydrogen) atoms. The van der Waals surface area contributed by atoms with Crippen LogP contribution < -0.4 is 5.32 Å². The summed E-state index contributed by atoms with van der Waals surface area (Å²) < 4.78 is 7.02. The molecule has 0 unspecified atom stereocenters. The summed E-state index contributed by atoms with van der Waals surface area (Å²) in [5.74, 6) is 0.241. The molecule has 1 aromatic heterocycles. The number of nitrogens with one attached hydrogen (secondary N) is 1. The second-order valence-electron chi connectivity index (χ2n) is 6.22. The van der Waals surface area contributed by atoms with E-state index in [9.17, 15) is 14.9 Å². The third-order valence-electron chi connectivity index (χ3n) is 4.11. The summed E-state index contributed by atoms with van der Waals surface area (Å²) in [7, 11) is 1.59. The number of carbonyl (C=O) groups excluding carboxylic acids is 1. The molecule has 162 valence electrons. The molecule has 0 saturated carbocycles. The predicted molar refractivity (Wildman–Crippen MR) is 120 cm³/mol.